The fourth-order valence-electron chi connectivity index (χ4n) is 1.16. The zero-order valence-electron chi connectivity index (χ0n) is 10.1. The van der Waals surface area contributed by atoms with Crippen molar-refractivity contribution in [2.45, 2.75) is 6.92 Å². The minimum absolute atomic E-state index is 0.103. The molecule has 0 amide bonds. The molecule has 5 heteroatoms. The highest BCUT2D eigenvalue weighted by Crippen LogP contribution is 2.27. The molecule has 0 saturated heterocycles. The molecule has 0 saturated carbocycles. The Morgan fingerprint density at radius 3 is 2.06 bits per heavy atom. The number of benzene rings is 1. The summed E-state index contributed by atoms with van der Waals surface area (Å²) in [6.45, 7) is 1.69. The maximum absolute atomic E-state index is 10.6. The average molecular weight is 240 g/mol. The van der Waals surface area contributed by atoms with Crippen LogP contribution < -0.4 is 14.2 Å². The van der Waals surface area contributed by atoms with Crippen molar-refractivity contribution in [1.82, 2.24) is 0 Å². The van der Waals surface area contributed by atoms with Crippen LogP contribution in [0.3, 0.4) is 0 Å². The first-order chi connectivity index (χ1) is 8.06. The van der Waals surface area contributed by atoms with E-state index >= 15 is 0 Å². The maximum Gasteiger partial charge on any atom is 0.309 e. The standard InChI is InChI=1S/C12H16O5/c1-8(12(13)14)7-17-11-5-9(15-2)4-10(6-11)16-3/h4-6,8H,7H2,1-3H3,(H,13,14). The molecule has 5 nitrogen and oxygen atoms in total. The Balaban J connectivity index is 2.73. The first-order valence-electron chi connectivity index (χ1n) is 5.15. The summed E-state index contributed by atoms with van der Waals surface area (Å²) < 4.78 is 15.5. The van der Waals surface area contributed by atoms with E-state index in [1.54, 1.807) is 39.3 Å². The van der Waals surface area contributed by atoms with Gasteiger partial charge in [0.25, 0.3) is 0 Å². The molecule has 1 aromatic carbocycles. The van der Waals surface area contributed by atoms with Crippen LogP contribution in [0.4, 0.5) is 0 Å². The van der Waals surface area contributed by atoms with E-state index in [0.29, 0.717) is 17.2 Å². The molecule has 1 aromatic rings. The SMILES string of the molecule is COc1cc(OC)cc(OCC(C)C(=O)O)c1. The van der Waals surface area contributed by atoms with Crippen molar-refractivity contribution in [2.75, 3.05) is 20.8 Å². The molecule has 1 N–H and O–H groups in total. The largest absolute Gasteiger partial charge is 0.496 e. The summed E-state index contributed by atoms with van der Waals surface area (Å²) in [5, 5.41) is 8.73. The fourth-order valence-corrected chi connectivity index (χ4v) is 1.16. The van der Waals surface area contributed by atoms with Gasteiger partial charge in [0.2, 0.25) is 0 Å². The predicted octanol–water partition coefficient (Wildman–Crippen LogP) is 1.80. The van der Waals surface area contributed by atoms with Crippen molar-refractivity contribution in [3.8, 4) is 17.2 Å². The van der Waals surface area contributed by atoms with Crippen LogP contribution in [0.25, 0.3) is 0 Å². The van der Waals surface area contributed by atoms with Crippen molar-refractivity contribution in [3.63, 3.8) is 0 Å². The Labute approximate surface area is 99.9 Å². The topological polar surface area (TPSA) is 65.0 Å². The first kappa shape index (κ1) is 13.2. The highest BCUT2D eigenvalue weighted by Gasteiger charge is 2.12. The summed E-state index contributed by atoms with van der Waals surface area (Å²) in [4.78, 5) is 10.6. The Hall–Kier alpha value is -1.91. The number of hydrogen-bond acceptors (Lipinski definition) is 4. The van der Waals surface area contributed by atoms with Gasteiger partial charge in [0.05, 0.1) is 20.1 Å². The van der Waals surface area contributed by atoms with Gasteiger partial charge in [0.1, 0.15) is 23.9 Å². The molecular weight excluding hydrogens is 224 g/mol. The van der Waals surface area contributed by atoms with Gasteiger partial charge in [-0.3, -0.25) is 4.79 Å². The molecule has 17 heavy (non-hydrogen) atoms. The molecule has 1 rings (SSSR count). The van der Waals surface area contributed by atoms with Crippen LogP contribution >= 0.6 is 0 Å². The molecule has 0 bridgehead atoms. The van der Waals surface area contributed by atoms with E-state index in [0.717, 1.165) is 0 Å². The van der Waals surface area contributed by atoms with Crippen molar-refractivity contribution < 1.29 is 24.1 Å². The Kier molecular flexibility index (Phi) is 4.63. The van der Waals surface area contributed by atoms with Gasteiger partial charge in [-0.15, -0.1) is 0 Å². The summed E-state index contributed by atoms with van der Waals surface area (Å²) >= 11 is 0. The highest BCUT2D eigenvalue weighted by atomic mass is 16.5. The van der Waals surface area contributed by atoms with Crippen molar-refractivity contribution in [2.24, 2.45) is 5.92 Å². The van der Waals surface area contributed by atoms with Crippen LogP contribution in [0.5, 0.6) is 17.2 Å². The van der Waals surface area contributed by atoms with Crippen LogP contribution in [-0.4, -0.2) is 31.9 Å². The maximum atomic E-state index is 10.6. The third kappa shape index (κ3) is 3.86. The number of ether oxygens (including phenoxy) is 3. The smallest absolute Gasteiger partial charge is 0.309 e. The predicted molar refractivity (Wildman–Crippen MR) is 61.8 cm³/mol. The lowest BCUT2D eigenvalue weighted by Gasteiger charge is -2.11. The Morgan fingerprint density at radius 2 is 1.65 bits per heavy atom. The zero-order valence-corrected chi connectivity index (χ0v) is 10.1. The number of aliphatic carboxylic acids is 1. The molecule has 0 spiro atoms. The number of hydrogen-bond donors (Lipinski definition) is 1. The number of carboxylic acid groups (broad SMARTS) is 1. The van der Waals surface area contributed by atoms with E-state index < -0.39 is 11.9 Å². The van der Waals surface area contributed by atoms with Crippen LogP contribution in [-0.2, 0) is 4.79 Å². The van der Waals surface area contributed by atoms with Crippen LogP contribution in [0.15, 0.2) is 18.2 Å². The van der Waals surface area contributed by atoms with Crippen LogP contribution in [0, 0.1) is 5.92 Å². The van der Waals surface area contributed by atoms with Gasteiger partial charge in [-0.2, -0.15) is 0 Å². The minimum atomic E-state index is -0.889. The van der Waals surface area contributed by atoms with Crippen LogP contribution in [0.1, 0.15) is 6.92 Å². The minimum Gasteiger partial charge on any atom is -0.496 e. The normalized spacial score (nSPS) is 11.7. The van der Waals surface area contributed by atoms with E-state index in [4.69, 9.17) is 19.3 Å². The van der Waals surface area contributed by atoms with Gasteiger partial charge in [0.15, 0.2) is 0 Å². The summed E-state index contributed by atoms with van der Waals surface area (Å²) in [6.07, 6.45) is 0. The lowest BCUT2D eigenvalue weighted by atomic mass is 10.2. The molecular formula is C12H16O5. The van der Waals surface area contributed by atoms with Gasteiger partial charge in [-0.05, 0) is 6.92 Å². The lowest BCUT2D eigenvalue weighted by Crippen LogP contribution is -2.17. The second kappa shape index (κ2) is 5.98. The Bertz CT molecular complexity index is 366. The lowest BCUT2D eigenvalue weighted by molar-refractivity contribution is -0.142. The quantitative estimate of drug-likeness (QED) is 0.821. The second-order valence-corrected chi connectivity index (χ2v) is 3.60. The third-order valence-corrected chi connectivity index (χ3v) is 2.25. The molecule has 0 aliphatic rings. The van der Waals surface area contributed by atoms with E-state index in [1.807, 2.05) is 0 Å². The molecule has 0 aromatic heterocycles. The number of carboxylic acids is 1. The van der Waals surface area contributed by atoms with E-state index in [-0.39, 0.29) is 6.61 Å². The molecule has 0 aliphatic carbocycles. The fraction of sp³-hybridized carbons (Fsp3) is 0.417. The molecule has 1 atom stereocenters. The van der Waals surface area contributed by atoms with Gasteiger partial charge in [-0.1, -0.05) is 0 Å². The van der Waals surface area contributed by atoms with E-state index in [9.17, 15) is 4.79 Å². The van der Waals surface area contributed by atoms with E-state index in [2.05, 4.69) is 0 Å². The van der Waals surface area contributed by atoms with Crippen molar-refractivity contribution >= 4 is 5.97 Å². The van der Waals surface area contributed by atoms with Gasteiger partial charge < -0.3 is 19.3 Å². The number of carbonyl (C=O) groups is 1. The highest BCUT2D eigenvalue weighted by molar-refractivity contribution is 5.69. The summed E-state index contributed by atoms with van der Waals surface area (Å²) in [5.74, 6) is 0.269. The van der Waals surface area contributed by atoms with Crippen LogP contribution in [0.2, 0.25) is 0 Å². The van der Waals surface area contributed by atoms with Gasteiger partial charge >= 0.3 is 5.97 Å². The third-order valence-electron chi connectivity index (χ3n) is 2.25. The molecule has 0 heterocycles. The van der Waals surface area contributed by atoms with Crippen molar-refractivity contribution in [3.05, 3.63) is 18.2 Å². The summed E-state index contributed by atoms with van der Waals surface area (Å²) in [7, 11) is 3.08. The summed E-state index contributed by atoms with van der Waals surface area (Å²) in [5.41, 5.74) is 0. The molecule has 0 radical (unpaired) electrons. The molecule has 0 fully saturated rings. The zero-order chi connectivity index (χ0) is 12.8. The second-order valence-electron chi connectivity index (χ2n) is 3.60. The Morgan fingerprint density at radius 1 is 1.18 bits per heavy atom. The monoisotopic (exact) mass is 240 g/mol. The van der Waals surface area contributed by atoms with Crippen molar-refractivity contribution in [1.29, 1.82) is 0 Å². The molecule has 1 unspecified atom stereocenters. The summed E-state index contributed by atoms with van der Waals surface area (Å²) in [6, 6.07) is 5.07. The average Bonchev–Trinajstić information content (AvgIpc) is 2.35. The number of rotatable bonds is 6. The molecule has 94 valence electrons. The number of methoxy groups -OCH3 is 2. The molecule has 0 aliphatic heterocycles. The van der Waals surface area contributed by atoms with Gasteiger partial charge in [-0.25, -0.2) is 0 Å². The van der Waals surface area contributed by atoms with Gasteiger partial charge in [0, 0.05) is 18.2 Å². The first-order valence-corrected chi connectivity index (χ1v) is 5.15. The van der Waals surface area contributed by atoms with E-state index in [1.165, 1.54) is 0 Å².